The Morgan fingerprint density at radius 1 is 0.952 bits per heavy atom. The van der Waals surface area contributed by atoms with Crippen LogP contribution in [0.4, 0.5) is 0 Å². The lowest BCUT2D eigenvalue weighted by molar-refractivity contribution is 0.450. The summed E-state index contributed by atoms with van der Waals surface area (Å²) in [6.07, 6.45) is 0. The second-order valence-electron chi connectivity index (χ2n) is 7.45. The van der Waals surface area contributed by atoms with Crippen molar-refractivity contribution in [3.05, 3.63) is 53.6 Å². The summed E-state index contributed by atoms with van der Waals surface area (Å²) >= 11 is 0. The molecule has 0 bridgehead atoms. The van der Waals surface area contributed by atoms with Crippen LogP contribution < -0.4 is 10.4 Å². The van der Waals surface area contributed by atoms with Gasteiger partial charge in [0.1, 0.15) is 13.8 Å². The normalized spacial score (nSPS) is 12.5. The van der Waals surface area contributed by atoms with Gasteiger partial charge in [0.2, 0.25) is 0 Å². The van der Waals surface area contributed by atoms with Crippen LogP contribution in [0, 0.1) is 6.92 Å². The molecule has 21 heavy (non-hydrogen) atoms. The Balaban J connectivity index is 2.67. The van der Waals surface area contributed by atoms with Gasteiger partial charge in [-0.05, 0) is 23.1 Å². The van der Waals surface area contributed by atoms with Crippen LogP contribution in [0.5, 0.6) is 5.75 Å². The van der Waals surface area contributed by atoms with Crippen molar-refractivity contribution in [2.45, 2.75) is 46.2 Å². The van der Waals surface area contributed by atoms with Crippen molar-refractivity contribution >= 4 is 18.4 Å². The van der Waals surface area contributed by atoms with Crippen LogP contribution in [0.15, 0.2) is 42.5 Å². The Kier molecular flexibility index (Phi) is 4.03. The highest BCUT2D eigenvalue weighted by Gasteiger charge is 2.32. The maximum Gasteiger partial charge on any atom is 0.118 e. The standard InChI is InChI=1S/C19H26OSi/c1-14-12-16(19(2,3)4)18(20)17(13-14)21(5,6)15-10-8-7-9-11-15/h7-13,20H,1-6H3. The Morgan fingerprint density at radius 3 is 2.05 bits per heavy atom. The van der Waals surface area contributed by atoms with Crippen molar-refractivity contribution in [3.8, 4) is 5.75 Å². The van der Waals surface area contributed by atoms with Crippen LogP contribution in [0.2, 0.25) is 13.1 Å². The monoisotopic (exact) mass is 298 g/mol. The molecule has 0 amide bonds. The van der Waals surface area contributed by atoms with Crippen LogP contribution in [0.25, 0.3) is 0 Å². The van der Waals surface area contributed by atoms with Gasteiger partial charge in [0.05, 0.1) is 0 Å². The molecule has 2 rings (SSSR count). The highest BCUT2D eigenvalue weighted by atomic mass is 28.3. The predicted octanol–water partition coefficient (Wildman–Crippen LogP) is 3.82. The number of aryl methyl sites for hydroxylation is 1. The Labute approximate surface area is 129 Å². The smallest absolute Gasteiger partial charge is 0.118 e. The summed E-state index contributed by atoms with van der Waals surface area (Å²) < 4.78 is 0. The first kappa shape index (κ1) is 15.8. The van der Waals surface area contributed by atoms with E-state index >= 15 is 0 Å². The van der Waals surface area contributed by atoms with E-state index in [-0.39, 0.29) is 5.41 Å². The number of aromatic hydroxyl groups is 1. The second-order valence-corrected chi connectivity index (χ2v) is 11.8. The van der Waals surface area contributed by atoms with E-state index in [0.29, 0.717) is 5.75 Å². The van der Waals surface area contributed by atoms with Crippen LogP contribution in [-0.2, 0) is 5.41 Å². The van der Waals surface area contributed by atoms with Crippen molar-refractivity contribution in [3.63, 3.8) is 0 Å². The molecule has 2 heteroatoms. The van der Waals surface area contributed by atoms with Gasteiger partial charge in [0.15, 0.2) is 0 Å². The van der Waals surface area contributed by atoms with Gasteiger partial charge in [-0.25, -0.2) is 0 Å². The fourth-order valence-corrected chi connectivity index (χ4v) is 5.49. The summed E-state index contributed by atoms with van der Waals surface area (Å²) in [7, 11) is -1.89. The van der Waals surface area contributed by atoms with E-state index in [9.17, 15) is 5.11 Å². The quantitative estimate of drug-likeness (QED) is 0.836. The lowest BCUT2D eigenvalue weighted by Gasteiger charge is -2.29. The zero-order chi connectivity index (χ0) is 15.8. The Morgan fingerprint density at radius 2 is 1.52 bits per heavy atom. The van der Waals surface area contributed by atoms with Crippen molar-refractivity contribution < 1.29 is 5.11 Å². The topological polar surface area (TPSA) is 20.2 Å². The Hall–Kier alpha value is -1.54. The van der Waals surface area contributed by atoms with Gasteiger partial charge in [-0.15, -0.1) is 0 Å². The van der Waals surface area contributed by atoms with E-state index in [2.05, 4.69) is 77.2 Å². The summed E-state index contributed by atoms with van der Waals surface area (Å²) in [4.78, 5) is 0. The molecule has 1 N–H and O–H groups in total. The highest BCUT2D eigenvalue weighted by molar-refractivity contribution is 7.01. The molecule has 0 radical (unpaired) electrons. The molecule has 0 aliphatic rings. The molecule has 0 spiro atoms. The fourth-order valence-electron chi connectivity index (χ4n) is 2.84. The first-order chi connectivity index (χ1) is 9.64. The average Bonchev–Trinajstić information content (AvgIpc) is 2.40. The maximum absolute atomic E-state index is 10.9. The van der Waals surface area contributed by atoms with Gasteiger partial charge in [-0.2, -0.15) is 0 Å². The second kappa shape index (κ2) is 5.34. The van der Waals surface area contributed by atoms with E-state index < -0.39 is 8.07 Å². The molecule has 0 atom stereocenters. The van der Waals surface area contributed by atoms with Gasteiger partial charge in [0.25, 0.3) is 0 Å². The van der Waals surface area contributed by atoms with Crippen molar-refractivity contribution in [2.24, 2.45) is 0 Å². The van der Waals surface area contributed by atoms with E-state index in [4.69, 9.17) is 0 Å². The minimum absolute atomic E-state index is 0.0496. The molecule has 2 aromatic carbocycles. The molecule has 0 heterocycles. The van der Waals surface area contributed by atoms with Crippen molar-refractivity contribution in [1.29, 1.82) is 0 Å². The molecule has 0 aliphatic heterocycles. The molecule has 112 valence electrons. The molecule has 2 aromatic rings. The average molecular weight is 299 g/mol. The van der Waals surface area contributed by atoms with Crippen LogP contribution in [0.1, 0.15) is 31.9 Å². The SMILES string of the molecule is Cc1cc(C(C)(C)C)c(O)c([Si](C)(C)c2ccccc2)c1. The predicted molar refractivity (Wildman–Crippen MR) is 94.7 cm³/mol. The van der Waals surface area contributed by atoms with Gasteiger partial charge in [-0.1, -0.05) is 87.1 Å². The molecule has 0 saturated carbocycles. The van der Waals surface area contributed by atoms with Crippen LogP contribution in [0.3, 0.4) is 0 Å². The number of hydrogen-bond acceptors (Lipinski definition) is 1. The number of hydrogen-bond donors (Lipinski definition) is 1. The number of phenolic OH excluding ortho intramolecular Hbond substituents is 1. The molecule has 0 unspecified atom stereocenters. The summed E-state index contributed by atoms with van der Waals surface area (Å²) in [6.45, 7) is 13.2. The lowest BCUT2D eigenvalue weighted by atomic mass is 9.85. The summed E-state index contributed by atoms with van der Waals surface area (Å²) in [5.41, 5.74) is 2.23. The summed E-state index contributed by atoms with van der Waals surface area (Å²) in [5, 5.41) is 13.4. The van der Waals surface area contributed by atoms with Crippen molar-refractivity contribution in [2.75, 3.05) is 0 Å². The Bertz CT molecular complexity index is 637. The summed E-state index contributed by atoms with van der Waals surface area (Å²) in [6, 6.07) is 14.9. The molecular weight excluding hydrogens is 272 g/mol. The lowest BCUT2D eigenvalue weighted by Crippen LogP contribution is -2.53. The first-order valence-corrected chi connectivity index (χ1v) is 10.5. The number of rotatable bonds is 2. The van der Waals surface area contributed by atoms with Crippen LogP contribution >= 0.6 is 0 Å². The number of phenols is 1. The third-order valence-electron chi connectivity index (χ3n) is 4.23. The van der Waals surface area contributed by atoms with Gasteiger partial charge in [-0.3, -0.25) is 0 Å². The van der Waals surface area contributed by atoms with E-state index in [0.717, 1.165) is 10.8 Å². The fraction of sp³-hybridized carbons (Fsp3) is 0.368. The first-order valence-electron chi connectivity index (χ1n) is 7.54. The largest absolute Gasteiger partial charge is 0.508 e. The third-order valence-corrected chi connectivity index (χ3v) is 7.74. The molecule has 0 aromatic heterocycles. The van der Waals surface area contributed by atoms with Crippen LogP contribution in [-0.4, -0.2) is 13.2 Å². The minimum Gasteiger partial charge on any atom is -0.508 e. The summed E-state index contributed by atoms with van der Waals surface area (Å²) in [5.74, 6) is 0.494. The minimum atomic E-state index is -1.89. The molecule has 0 aliphatic carbocycles. The van der Waals surface area contributed by atoms with Gasteiger partial charge >= 0.3 is 0 Å². The molecule has 1 nitrogen and oxygen atoms in total. The van der Waals surface area contributed by atoms with Gasteiger partial charge < -0.3 is 5.11 Å². The van der Waals surface area contributed by atoms with Gasteiger partial charge in [0, 0.05) is 0 Å². The maximum atomic E-state index is 10.9. The zero-order valence-electron chi connectivity index (χ0n) is 14.0. The molecule has 0 saturated heterocycles. The van der Waals surface area contributed by atoms with E-state index in [1.807, 2.05) is 6.07 Å². The molecule has 0 fully saturated rings. The zero-order valence-corrected chi connectivity index (χ0v) is 15.0. The van der Waals surface area contributed by atoms with E-state index in [1.54, 1.807) is 0 Å². The highest BCUT2D eigenvalue weighted by Crippen LogP contribution is 2.31. The van der Waals surface area contributed by atoms with E-state index in [1.165, 1.54) is 10.8 Å². The molecular formula is C19H26OSi. The number of benzene rings is 2. The van der Waals surface area contributed by atoms with Crippen molar-refractivity contribution in [1.82, 2.24) is 0 Å². The third kappa shape index (κ3) is 3.05.